The van der Waals surface area contributed by atoms with Crippen LogP contribution in [0.4, 0.5) is 0 Å². The number of benzene rings is 1. The molecule has 0 heterocycles. The average Bonchev–Trinajstić information content (AvgIpc) is 2.49. The molecule has 1 aromatic carbocycles. The van der Waals surface area contributed by atoms with Gasteiger partial charge in [-0.2, -0.15) is 0 Å². The SMILES string of the molecule is COc1ccc(OC)c(CCC(C)CC(CN)C(=O)O)c1. The number of carbonyl (C=O) groups is 1. The molecule has 0 fully saturated rings. The predicted molar refractivity (Wildman–Crippen MR) is 81.8 cm³/mol. The molecular formula is C16H25NO4. The van der Waals surface area contributed by atoms with Gasteiger partial charge in [0.1, 0.15) is 11.5 Å². The van der Waals surface area contributed by atoms with Gasteiger partial charge in [0.25, 0.3) is 0 Å². The number of ether oxygens (including phenoxy) is 2. The number of carboxylic acid groups (broad SMARTS) is 1. The summed E-state index contributed by atoms with van der Waals surface area (Å²) < 4.78 is 10.6. The molecule has 0 saturated heterocycles. The monoisotopic (exact) mass is 295 g/mol. The smallest absolute Gasteiger partial charge is 0.307 e. The number of aryl methyl sites for hydroxylation is 1. The molecule has 0 aliphatic heterocycles. The minimum Gasteiger partial charge on any atom is -0.497 e. The van der Waals surface area contributed by atoms with Gasteiger partial charge in [-0.25, -0.2) is 0 Å². The van der Waals surface area contributed by atoms with Gasteiger partial charge in [0.2, 0.25) is 0 Å². The van der Waals surface area contributed by atoms with Crippen LogP contribution in [0.15, 0.2) is 18.2 Å². The lowest BCUT2D eigenvalue weighted by Gasteiger charge is -2.17. The van der Waals surface area contributed by atoms with E-state index >= 15 is 0 Å². The van der Waals surface area contributed by atoms with Crippen LogP contribution in [0.5, 0.6) is 11.5 Å². The van der Waals surface area contributed by atoms with Crippen LogP contribution in [0.25, 0.3) is 0 Å². The Morgan fingerprint density at radius 2 is 2.05 bits per heavy atom. The standard InChI is InChI=1S/C16H25NO4/c1-11(8-13(10-17)16(18)19)4-5-12-9-14(20-2)6-7-15(12)21-3/h6-7,9,11,13H,4-5,8,10,17H2,1-3H3,(H,18,19). The summed E-state index contributed by atoms with van der Waals surface area (Å²) in [6, 6.07) is 5.71. The third-order valence-electron chi connectivity index (χ3n) is 3.71. The Labute approximate surface area is 126 Å². The van der Waals surface area contributed by atoms with Crippen molar-refractivity contribution in [3.63, 3.8) is 0 Å². The van der Waals surface area contributed by atoms with E-state index in [2.05, 4.69) is 6.92 Å². The molecule has 3 N–H and O–H groups in total. The minimum atomic E-state index is -0.816. The van der Waals surface area contributed by atoms with Crippen LogP contribution < -0.4 is 15.2 Å². The molecule has 2 unspecified atom stereocenters. The summed E-state index contributed by atoms with van der Waals surface area (Å²) in [6.07, 6.45) is 2.30. The molecule has 0 aromatic heterocycles. The fraction of sp³-hybridized carbons (Fsp3) is 0.562. The van der Waals surface area contributed by atoms with E-state index in [9.17, 15) is 4.79 Å². The van der Waals surface area contributed by atoms with Crippen LogP contribution in [0.1, 0.15) is 25.3 Å². The van der Waals surface area contributed by atoms with E-state index in [0.29, 0.717) is 6.42 Å². The molecule has 0 saturated carbocycles. The molecule has 0 spiro atoms. The summed E-state index contributed by atoms with van der Waals surface area (Å²) in [4.78, 5) is 11.0. The van der Waals surface area contributed by atoms with Gasteiger partial charge in [-0.05, 0) is 48.9 Å². The number of carboxylic acids is 1. The zero-order chi connectivity index (χ0) is 15.8. The van der Waals surface area contributed by atoms with Crippen LogP contribution in [0.2, 0.25) is 0 Å². The lowest BCUT2D eigenvalue weighted by atomic mass is 9.91. The number of hydrogen-bond acceptors (Lipinski definition) is 4. The maximum atomic E-state index is 11.0. The summed E-state index contributed by atoms with van der Waals surface area (Å²) in [5.41, 5.74) is 6.57. The van der Waals surface area contributed by atoms with Crippen molar-refractivity contribution in [2.75, 3.05) is 20.8 Å². The molecule has 1 aromatic rings. The van der Waals surface area contributed by atoms with Gasteiger partial charge in [-0.1, -0.05) is 6.92 Å². The van der Waals surface area contributed by atoms with Crippen molar-refractivity contribution in [1.29, 1.82) is 0 Å². The van der Waals surface area contributed by atoms with Crippen molar-refractivity contribution >= 4 is 5.97 Å². The Balaban J connectivity index is 2.63. The van der Waals surface area contributed by atoms with Crippen molar-refractivity contribution in [3.8, 4) is 11.5 Å². The number of methoxy groups -OCH3 is 2. The second kappa shape index (κ2) is 8.52. The van der Waals surface area contributed by atoms with Gasteiger partial charge in [0.05, 0.1) is 20.1 Å². The molecule has 0 aliphatic rings. The normalized spacial score (nSPS) is 13.5. The highest BCUT2D eigenvalue weighted by atomic mass is 16.5. The third kappa shape index (κ3) is 5.27. The topological polar surface area (TPSA) is 81.8 Å². The summed E-state index contributed by atoms with van der Waals surface area (Å²) in [5.74, 6) is 0.626. The predicted octanol–water partition coefficient (Wildman–Crippen LogP) is 2.32. The fourth-order valence-corrected chi connectivity index (χ4v) is 2.38. The largest absolute Gasteiger partial charge is 0.497 e. The summed E-state index contributed by atoms with van der Waals surface area (Å²) in [5, 5.41) is 9.04. The molecule has 0 radical (unpaired) electrons. The highest BCUT2D eigenvalue weighted by Gasteiger charge is 2.19. The van der Waals surface area contributed by atoms with E-state index in [0.717, 1.165) is 29.9 Å². The Kier molecular flexibility index (Phi) is 7.02. The fourth-order valence-electron chi connectivity index (χ4n) is 2.38. The first-order valence-electron chi connectivity index (χ1n) is 7.15. The van der Waals surface area contributed by atoms with Crippen molar-refractivity contribution in [1.82, 2.24) is 0 Å². The molecule has 1 rings (SSSR count). The number of hydrogen-bond donors (Lipinski definition) is 2. The molecule has 118 valence electrons. The summed E-state index contributed by atoms with van der Waals surface area (Å²) in [6.45, 7) is 2.24. The zero-order valence-electron chi connectivity index (χ0n) is 13.0. The number of nitrogens with two attached hydrogens (primary N) is 1. The molecule has 0 bridgehead atoms. The lowest BCUT2D eigenvalue weighted by Crippen LogP contribution is -2.25. The van der Waals surface area contributed by atoms with E-state index < -0.39 is 11.9 Å². The Bertz CT molecular complexity index is 462. The van der Waals surface area contributed by atoms with Gasteiger partial charge < -0.3 is 20.3 Å². The van der Waals surface area contributed by atoms with Gasteiger partial charge >= 0.3 is 5.97 Å². The van der Waals surface area contributed by atoms with Crippen molar-refractivity contribution < 1.29 is 19.4 Å². The Morgan fingerprint density at radius 3 is 2.57 bits per heavy atom. The highest BCUT2D eigenvalue weighted by Crippen LogP contribution is 2.27. The first-order valence-corrected chi connectivity index (χ1v) is 7.15. The maximum absolute atomic E-state index is 11.0. The van der Waals surface area contributed by atoms with E-state index in [1.807, 2.05) is 18.2 Å². The number of rotatable bonds is 9. The van der Waals surface area contributed by atoms with E-state index in [1.165, 1.54) is 0 Å². The first-order chi connectivity index (χ1) is 10.0. The Morgan fingerprint density at radius 1 is 1.33 bits per heavy atom. The molecular weight excluding hydrogens is 270 g/mol. The van der Waals surface area contributed by atoms with Crippen molar-refractivity contribution in [2.24, 2.45) is 17.6 Å². The molecule has 5 heteroatoms. The van der Waals surface area contributed by atoms with Crippen LogP contribution in [0.3, 0.4) is 0 Å². The van der Waals surface area contributed by atoms with Gasteiger partial charge in [-0.15, -0.1) is 0 Å². The van der Waals surface area contributed by atoms with Crippen LogP contribution >= 0.6 is 0 Å². The quantitative estimate of drug-likeness (QED) is 0.730. The van der Waals surface area contributed by atoms with E-state index in [1.54, 1.807) is 14.2 Å². The summed E-state index contributed by atoms with van der Waals surface area (Å²) in [7, 11) is 3.27. The Hall–Kier alpha value is -1.75. The van der Waals surface area contributed by atoms with Crippen LogP contribution in [-0.4, -0.2) is 31.8 Å². The molecule has 21 heavy (non-hydrogen) atoms. The third-order valence-corrected chi connectivity index (χ3v) is 3.71. The molecule has 0 aliphatic carbocycles. The number of aliphatic carboxylic acids is 1. The van der Waals surface area contributed by atoms with Gasteiger partial charge in [-0.3, -0.25) is 4.79 Å². The van der Waals surface area contributed by atoms with Crippen LogP contribution in [0, 0.1) is 11.8 Å². The molecule has 5 nitrogen and oxygen atoms in total. The minimum absolute atomic E-state index is 0.183. The second-order valence-electron chi connectivity index (χ2n) is 5.33. The highest BCUT2D eigenvalue weighted by molar-refractivity contribution is 5.70. The van der Waals surface area contributed by atoms with Gasteiger partial charge in [0, 0.05) is 6.54 Å². The van der Waals surface area contributed by atoms with Gasteiger partial charge in [0.15, 0.2) is 0 Å². The van der Waals surface area contributed by atoms with Crippen molar-refractivity contribution in [3.05, 3.63) is 23.8 Å². The second-order valence-corrected chi connectivity index (χ2v) is 5.33. The molecule has 2 atom stereocenters. The van der Waals surface area contributed by atoms with E-state index in [-0.39, 0.29) is 12.5 Å². The lowest BCUT2D eigenvalue weighted by molar-refractivity contribution is -0.141. The molecule has 0 amide bonds. The summed E-state index contributed by atoms with van der Waals surface area (Å²) >= 11 is 0. The van der Waals surface area contributed by atoms with E-state index in [4.69, 9.17) is 20.3 Å². The van der Waals surface area contributed by atoms with Crippen LogP contribution in [-0.2, 0) is 11.2 Å². The first kappa shape index (κ1) is 17.3. The van der Waals surface area contributed by atoms with Crippen molar-refractivity contribution in [2.45, 2.75) is 26.2 Å². The zero-order valence-corrected chi connectivity index (χ0v) is 13.0. The maximum Gasteiger partial charge on any atom is 0.307 e. The average molecular weight is 295 g/mol.